The van der Waals surface area contributed by atoms with E-state index in [1.807, 2.05) is 31.2 Å². The fraction of sp³-hybridized carbons (Fsp3) is 0.0556. The Morgan fingerprint density at radius 3 is 2.56 bits per heavy atom. The molecule has 9 heteroatoms. The lowest BCUT2D eigenvalue weighted by atomic mass is 10.1. The molecule has 136 valence electrons. The Kier molecular flexibility index (Phi) is 4.93. The molecule has 27 heavy (non-hydrogen) atoms. The Morgan fingerprint density at radius 2 is 1.85 bits per heavy atom. The molecular weight excluding hydrogens is 352 g/mol. The minimum Gasteiger partial charge on any atom is -0.455 e. The highest BCUT2D eigenvalue weighted by molar-refractivity contribution is 5.78. The first-order chi connectivity index (χ1) is 12.9. The van der Waals surface area contributed by atoms with Crippen LogP contribution < -0.4 is 5.43 Å². The number of nitro groups is 2. The van der Waals surface area contributed by atoms with Gasteiger partial charge < -0.3 is 4.42 Å². The van der Waals surface area contributed by atoms with Gasteiger partial charge in [0.2, 0.25) is 0 Å². The number of hydrogen-bond acceptors (Lipinski definition) is 7. The highest BCUT2D eigenvalue weighted by Gasteiger charge is 2.19. The first-order valence-corrected chi connectivity index (χ1v) is 7.83. The number of anilines is 1. The molecule has 0 aliphatic heterocycles. The van der Waals surface area contributed by atoms with Crippen molar-refractivity contribution in [1.82, 2.24) is 0 Å². The highest BCUT2D eigenvalue weighted by Crippen LogP contribution is 2.29. The van der Waals surface area contributed by atoms with Crippen LogP contribution in [-0.2, 0) is 0 Å². The second kappa shape index (κ2) is 7.48. The molecule has 0 aliphatic carbocycles. The molecule has 0 unspecified atom stereocenters. The number of hydrogen-bond donors (Lipinski definition) is 1. The molecule has 3 rings (SSSR count). The summed E-state index contributed by atoms with van der Waals surface area (Å²) >= 11 is 0. The number of nitrogens with zero attached hydrogens (tertiary/aromatic N) is 3. The van der Waals surface area contributed by atoms with E-state index in [1.54, 1.807) is 12.1 Å². The van der Waals surface area contributed by atoms with E-state index in [0.717, 1.165) is 23.3 Å². The minimum absolute atomic E-state index is 0.0345. The molecule has 0 radical (unpaired) electrons. The van der Waals surface area contributed by atoms with E-state index in [1.165, 1.54) is 12.3 Å². The van der Waals surface area contributed by atoms with Crippen molar-refractivity contribution in [1.29, 1.82) is 0 Å². The van der Waals surface area contributed by atoms with Crippen molar-refractivity contribution in [3.63, 3.8) is 0 Å². The second-order valence-corrected chi connectivity index (χ2v) is 5.66. The van der Waals surface area contributed by atoms with Gasteiger partial charge in [0.05, 0.1) is 22.1 Å². The maximum Gasteiger partial charge on any atom is 0.301 e. The van der Waals surface area contributed by atoms with Gasteiger partial charge in [0.15, 0.2) is 0 Å². The Bertz CT molecular complexity index is 1040. The third-order valence-corrected chi connectivity index (χ3v) is 3.69. The largest absolute Gasteiger partial charge is 0.455 e. The van der Waals surface area contributed by atoms with Gasteiger partial charge in [0, 0.05) is 11.6 Å². The quantitative estimate of drug-likeness (QED) is 0.388. The number of benzene rings is 2. The van der Waals surface area contributed by atoms with Crippen molar-refractivity contribution >= 4 is 23.3 Å². The molecule has 0 amide bonds. The molecule has 0 spiro atoms. The molecule has 0 saturated carbocycles. The Balaban J connectivity index is 1.76. The molecule has 0 aliphatic rings. The number of hydrazone groups is 1. The summed E-state index contributed by atoms with van der Waals surface area (Å²) in [5.41, 5.74) is 3.76. The van der Waals surface area contributed by atoms with Gasteiger partial charge >= 0.3 is 5.69 Å². The van der Waals surface area contributed by atoms with Crippen molar-refractivity contribution in [2.75, 3.05) is 5.43 Å². The van der Waals surface area contributed by atoms with Crippen molar-refractivity contribution in [3.05, 3.63) is 86.1 Å². The highest BCUT2D eigenvalue weighted by atomic mass is 16.6. The van der Waals surface area contributed by atoms with Gasteiger partial charge in [-0.2, -0.15) is 5.10 Å². The molecule has 2 aromatic carbocycles. The van der Waals surface area contributed by atoms with E-state index in [2.05, 4.69) is 10.5 Å². The predicted octanol–water partition coefficient (Wildman–Crippen LogP) is 4.52. The number of non-ortho nitro benzene ring substituents is 1. The Labute approximate surface area is 153 Å². The monoisotopic (exact) mass is 366 g/mol. The second-order valence-electron chi connectivity index (χ2n) is 5.66. The van der Waals surface area contributed by atoms with Crippen molar-refractivity contribution in [3.8, 4) is 11.3 Å². The standard InChI is InChI=1S/C18H14N4O5/c1-12-3-2-4-13(9-12)18-8-6-15(27-18)11-19-20-16-7-5-14(21(23)24)10-17(16)22(25)26/h2-11,20H,1H3. The molecular formula is C18H14N4O5. The maximum atomic E-state index is 11.1. The fourth-order valence-corrected chi connectivity index (χ4v) is 2.42. The zero-order chi connectivity index (χ0) is 19.4. The van der Waals surface area contributed by atoms with Gasteiger partial charge in [-0.3, -0.25) is 25.7 Å². The lowest BCUT2D eigenvalue weighted by Gasteiger charge is -2.01. The molecule has 1 N–H and O–H groups in total. The van der Waals surface area contributed by atoms with E-state index >= 15 is 0 Å². The van der Waals surface area contributed by atoms with E-state index in [9.17, 15) is 20.2 Å². The summed E-state index contributed by atoms with van der Waals surface area (Å²) in [6, 6.07) is 14.6. The van der Waals surface area contributed by atoms with Crippen LogP contribution in [0.3, 0.4) is 0 Å². The van der Waals surface area contributed by atoms with Gasteiger partial charge in [-0.1, -0.05) is 23.8 Å². The molecule has 1 aromatic heterocycles. The fourth-order valence-electron chi connectivity index (χ4n) is 2.42. The summed E-state index contributed by atoms with van der Waals surface area (Å²) in [6.45, 7) is 1.98. The van der Waals surface area contributed by atoms with Gasteiger partial charge in [0.1, 0.15) is 17.2 Å². The van der Waals surface area contributed by atoms with Crippen LogP contribution >= 0.6 is 0 Å². The van der Waals surface area contributed by atoms with Crippen LogP contribution in [0, 0.1) is 27.2 Å². The number of aryl methyl sites for hydroxylation is 1. The summed E-state index contributed by atoms with van der Waals surface area (Å²) in [6.07, 6.45) is 1.37. The van der Waals surface area contributed by atoms with Crippen LogP contribution in [0.4, 0.5) is 17.1 Å². The first-order valence-electron chi connectivity index (χ1n) is 7.83. The molecule has 9 nitrogen and oxygen atoms in total. The lowest BCUT2D eigenvalue weighted by molar-refractivity contribution is -0.393. The van der Waals surface area contributed by atoms with Crippen LogP contribution in [0.5, 0.6) is 0 Å². The predicted molar refractivity (Wildman–Crippen MR) is 99.8 cm³/mol. The third-order valence-electron chi connectivity index (χ3n) is 3.69. The van der Waals surface area contributed by atoms with Crippen molar-refractivity contribution in [2.24, 2.45) is 5.10 Å². The van der Waals surface area contributed by atoms with Gasteiger partial charge in [-0.15, -0.1) is 0 Å². The average molecular weight is 366 g/mol. The van der Waals surface area contributed by atoms with Crippen LogP contribution in [-0.4, -0.2) is 16.1 Å². The molecule has 1 heterocycles. The molecule has 0 saturated heterocycles. The van der Waals surface area contributed by atoms with E-state index in [-0.39, 0.29) is 11.4 Å². The summed E-state index contributed by atoms with van der Waals surface area (Å²) in [5.74, 6) is 1.12. The third kappa shape index (κ3) is 4.15. The zero-order valence-corrected chi connectivity index (χ0v) is 14.2. The van der Waals surface area contributed by atoms with Gasteiger partial charge in [0.25, 0.3) is 5.69 Å². The molecule has 0 fully saturated rings. The topological polar surface area (TPSA) is 124 Å². The maximum absolute atomic E-state index is 11.1. The smallest absolute Gasteiger partial charge is 0.301 e. The number of nitrogens with one attached hydrogen (secondary N) is 1. The average Bonchev–Trinajstić information content (AvgIpc) is 3.10. The minimum atomic E-state index is -0.715. The number of nitro benzene ring substituents is 2. The normalized spacial score (nSPS) is 10.9. The zero-order valence-electron chi connectivity index (χ0n) is 14.2. The van der Waals surface area contributed by atoms with Crippen LogP contribution in [0.15, 0.2) is 64.1 Å². The first kappa shape index (κ1) is 17.8. The Hall–Kier alpha value is -4.01. The molecule has 0 bridgehead atoms. The Morgan fingerprint density at radius 1 is 1.04 bits per heavy atom. The van der Waals surface area contributed by atoms with Crippen LogP contribution in [0.25, 0.3) is 11.3 Å². The summed E-state index contributed by atoms with van der Waals surface area (Å²) in [5, 5.41) is 25.7. The summed E-state index contributed by atoms with van der Waals surface area (Å²) in [7, 11) is 0. The molecule has 0 atom stereocenters. The van der Waals surface area contributed by atoms with Crippen molar-refractivity contribution in [2.45, 2.75) is 6.92 Å². The van der Waals surface area contributed by atoms with Gasteiger partial charge in [-0.05, 0) is 31.2 Å². The summed E-state index contributed by atoms with van der Waals surface area (Å²) < 4.78 is 5.68. The lowest BCUT2D eigenvalue weighted by Crippen LogP contribution is -1.98. The molecule has 3 aromatic rings. The number of furan rings is 1. The summed E-state index contributed by atoms with van der Waals surface area (Å²) in [4.78, 5) is 20.4. The van der Waals surface area contributed by atoms with E-state index in [0.29, 0.717) is 11.5 Å². The van der Waals surface area contributed by atoms with Gasteiger partial charge in [-0.25, -0.2) is 0 Å². The van der Waals surface area contributed by atoms with E-state index in [4.69, 9.17) is 4.42 Å². The van der Waals surface area contributed by atoms with Crippen molar-refractivity contribution < 1.29 is 14.3 Å². The van der Waals surface area contributed by atoms with Crippen LogP contribution in [0.1, 0.15) is 11.3 Å². The van der Waals surface area contributed by atoms with E-state index < -0.39 is 15.5 Å². The van der Waals surface area contributed by atoms with Crippen LogP contribution in [0.2, 0.25) is 0 Å². The SMILES string of the molecule is Cc1cccc(-c2ccc(C=NNc3ccc([N+](=O)[O-])cc3[N+](=O)[O-])o2)c1. The number of rotatable bonds is 6.